The van der Waals surface area contributed by atoms with Crippen LogP contribution in [-0.2, 0) is 11.3 Å². The summed E-state index contributed by atoms with van der Waals surface area (Å²) in [5, 5.41) is 25.6. The lowest BCUT2D eigenvalue weighted by Crippen LogP contribution is -2.24. The van der Waals surface area contributed by atoms with Crippen molar-refractivity contribution in [1.29, 1.82) is 0 Å². The van der Waals surface area contributed by atoms with Crippen molar-refractivity contribution in [3.05, 3.63) is 95.1 Å². The maximum Gasteiger partial charge on any atom is 0.356 e. The van der Waals surface area contributed by atoms with E-state index in [4.69, 9.17) is 24.4 Å². The molecule has 0 saturated heterocycles. The lowest BCUT2D eigenvalue weighted by molar-refractivity contribution is 0.0526. The number of H-pyrrole nitrogens is 3. The summed E-state index contributed by atoms with van der Waals surface area (Å²) in [4.78, 5) is 101. The van der Waals surface area contributed by atoms with Crippen LogP contribution >= 0.6 is 0 Å². The summed E-state index contributed by atoms with van der Waals surface area (Å²) in [5.74, 6) is -2.56. The Morgan fingerprint density at radius 2 is 1.14 bits per heavy atom. The first kappa shape index (κ1) is 40.2. The average Bonchev–Trinajstić information content (AvgIpc) is 4.07. The lowest BCUT2D eigenvalue weighted by atomic mass is 10.2. The second kappa shape index (κ2) is 17.5. The molecule has 0 radical (unpaired) electrons. The van der Waals surface area contributed by atoms with Crippen LogP contribution in [0, 0.1) is 0 Å². The highest BCUT2D eigenvalue weighted by Crippen LogP contribution is 2.32. The first-order valence-electron chi connectivity index (χ1n) is 17.2. The molecule has 302 valence electrons. The number of nitrogens with zero attached hydrogens (tertiary/aromatic N) is 6. The van der Waals surface area contributed by atoms with Gasteiger partial charge in [0.05, 0.1) is 34.3 Å². The Hall–Kier alpha value is -8.50. The molecule has 3 amide bonds. The minimum Gasteiger partial charge on any atom is -0.476 e. The minimum absolute atomic E-state index is 0.153. The molecule has 0 aliphatic carbocycles. The molecule has 6 aromatic heterocycles. The van der Waals surface area contributed by atoms with Gasteiger partial charge in [-0.1, -0.05) is 6.07 Å². The van der Waals surface area contributed by atoms with Crippen molar-refractivity contribution in [3.63, 3.8) is 0 Å². The zero-order valence-corrected chi connectivity index (χ0v) is 31.1. The number of carbonyl (C=O) groups excluding carboxylic acids is 4. The third-order valence-corrected chi connectivity index (χ3v) is 8.34. The van der Waals surface area contributed by atoms with E-state index < -0.39 is 17.9 Å². The molecule has 0 fully saturated rings. The smallest absolute Gasteiger partial charge is 0.356 e. The SMILES string of the molecule is CCOC(=O)c1c[nH]c2c(C(=O)O)ncnc12.CNC(=O)c1c[nH]c2c(C(=O)NCc3ccc4c(c3)OCO4)ncnc12.CNC(=O)c1c[nH]c2c(C(=O)O)ncnc12. The summed E-state index contributed by atoms with van der Waals surface area (Å²) >= 11 is 0. The topological polar surface area (TPSA) is 331 Å². The van der Waals surface area contributed by atoms with Gasteiger partial charge in [-0.25, -0.2) is 44.3 Å². The summed E-state index contributed by atoms with van der Waals surface area (Å²) in [5.41, 5.74) is 3.37. The molecule has 0 bridgehead atoms. The molecular formula is C36H32N12O11. The average molecular weight is 809 g/mol. The molecule has 1 aromatic carbocycles. The predicted octanol–water partition coefficient (Wildman–Crippen LogP) is 1.82. The minimum atomic E-state index is -1.19. The maximum atomic E-state index is 12.5. The van der Waals surface area contributed by atoms with Crippen LogP contribution in [0.5, 0.6) is 11.5 Å². The summed E-state index contributed by atoms with van der Waals surface area (Å²) in [7, 11) is 3.02. The largest absolute Gasteiger partial charge is 0.476 e. The summed E-state index contributed by atoms with van der Waals surface area (Å²) in [6.07, 6.45) is 7.76. The van der Waals surface area contributed by atoms with Gasteiger partial charge in [0.2, 0.25) is 6.79 Å². The molecule has 1 aliphatic rings. The fourth-order valence-corrected chi connectivity index (χ4v) is 5.61. The van der Waals surface area contributed by atoms with E-state index >= 15 is 0 Å². The molecule has 1 aliphatic heterocycles. The van der Waals surface area contributed by atoms with E-state index in [1.54, 1.807) is 13.0 Å². The van der Waals surface area contributed by atoms with Gasteiger partial charge >= 0.3 is 17.9 Å². The van der Waals surface area contributed by atoms with E-state index in [1.807, 2.05) is 12.1 Å². The second-order valence-electron chi connectivity index (χ2n) is 11.8. The van der Waals surface area contributed by atoms with Crippen molar-refractivity contribution < 1.29 is 53.2 Å². The van der Waals surface area contributed by atoms with Crippen LogP contribution in [0.25, 0.3) is 33.1 Å². The molecular weight excluding hydrogens is 776 g/mol. The fourth-order valence-electron chi connectivity index (χ4n) is 5.61. The molecule has 0 saturated carbocycles. The molecule has 23 nitrogen and oxygen atoms in total. The first-order valence-corrected chi connectivity index (χ1v) is 17.2. The Labute approximate surface area is 330 Å². The highest BCUT2D eigenvalue weighted by Gasteiger charge is 2.22. The Bertz CT molecular complexity index is 2760. The number of esters is 1. The number of aromatic amines is 3. The molecule has 59 heavy (non-hydrogen) atoms. The van der Waals surface area contributed by atoms with Crippen molar-refractivity contribution >= 4 is 68.7 Å². The third kappa shape index (κ3) is 8.37. The van der Waals surface area contributed by atoms with Gasteiger partial charge in [-0.05, 0) is 24.6 Å². The zero-order chi connectivity index (χ0) is 42.2. The number of carboxylic acid groups (broad SMARTS) is 2. The molecule has 0 unspecified atom stereocenters. The Morgan fingerprint density at radius 3 is 1.64 bits per heavy atom. The van der Waals surface area contributed by atoms with E-state index in [1.165, 1.54) is 39.0 Å². The Balaban J connectivity index is 0.000000156. The van der Waals surface area contributed by atoms with Crippen LogP contribution in [0.1, 0.15) is 75.0 Å². The highest BCUT2D eigenvalue weighted by atomic mass is 16.7. The number of hydrogen-bond acceptors (Lipinski definition) is 15. The molecule has 23 heteroatoms. The van der Waals surface area contributed by atoms with Crippen LogP contribution in [0.4, 0.5) is 0 Å². The van der Waals surface area contributed by atoms with Gasteiger partial charge in [0.25, 0.3) is 17.7 Å². The summed E-state index contributed by atoms with van der Waals surface area (Å²) < 4.78 is 15.4. The number of aromatic carboxylic acids is 2. The van der Waals surface area contributed by atoms with Gasteiger partial charge < -0.3 is 55.3 Å². The van der Waals surface area contributed by atoms with Crippen molar-refractivity contribution in [3.8, 4) is 11.5 Å². The van der Waals surface area contributed by atoms with Crippen LogP contribution < -0.4 is 25.4 Å². The van der Waals surface area contributed by atoms with Gasteiger partial charge in [-0.2, -0.15) is 0 Å². The molecule has 7 heterocycles. The van der Waals surface area contributed by atoms with Crippen LogP contribution in [0.2, 0.25) is 0 Å². The number of carbonyl (C=O) groups is 6. The molecule has 8 N–H and O–H groups in total. The number of nitrogens with one attached hydrogen (secondary N) is 6. The van der Waals surface area contributed by atoms with Crippen molar-refractivity contribution in [2.45, 2.75) is 13.5 Å². The Kier molecular flexibility index (Phi) is 11.9. The van der Waals surface area contributed by atoms with Crippen LogP contribution in [0.3, 0.4) is 0 Å². The van der Waals surface area contributed by atoms with Gasteiger partial charge in [0.15, 0.2) is 28.6 Å². The number of amides is 3. The number of aromatic nitrogens is 9. The molecule has 0 spiro atoms. The number of carboxylic acids is 2. The van der Waals surface area contributed by atoms with Gasteiger partial charge in [-0.15, -0.1) is 0 Å². The zero-order valence-electron chi connectivity index (χ0n) is 31.1. The van der Waals surface area contributed by atoms with E-state index in [0.717, 1.165) is 18.2 Å². The standard InChI is InChI=1S/C17H15N5O4.C10H9N3O4.C9H8N4O3/c1-18-16(23)10-6-19-14-13(10)21-7-22-15(14)17(24)20-5-9-2-3-11-12(4-9)26-8-25-11;1-2-17-10(16)5-3-11-7-6(5)12-4-13-8(7)9(14)15;1-10-8(14)4-2-11-6-5(4)12-3-13-7(6)9(15)16/h2-4,6-7,19H,5,8H2,1H3,(H,18,23)(H,20,24);3-4,11H,2H2,1H3,(H,14,15);2-3,11H,1H3,(H,10,14)(H,15,16). The van der Waals surface area contributed by atoms with Crippen LogP contribution in [-0.4, -0.2) is 118 Å². The predicted molar refractivity (Wildman–Crippen MR) is 202 cm³/mol. The van der Waals surface area contributed by atoms with E-state index in [-0.39, 0.29) is 70.3 Å². The van der Waals surface area contributed by atoms with Crippen molar-refractivity contribution in [2.24, 2.45) is 0 Å². The highest BCUT2D eigenvalue weighted by molar-refractivity contribution is 6.11. The quantitative estimate of drug-likeness (QED) is 0.0964. The van der Waals surface area contributed by atoms with E-state index in [0.29, 0.717) is 45.7 Å². The second-order valence-corrected chi connectivity index (χ2v) is 11.8. The molecule has 0 atom stereocenters. The number of ether oxygens (including phenoxy) is 3. The normalized spacial score (nSPS) is 11.2. The van der Waals surface area contributed by atoms with Gasteiger partial charge in [0.1, 0.15) is 41.1 Å². The summed E-state index contributed by atoms with van der Waals surface area (Å²) in [6, 6.07) is 5.46. The lowest BCUT2D eigenvalue weighted by Gasteiger charge is -2.06. The number of fused-ring (bicyclic) bond motifs is 4. The summed E-state index contributed by atoms with van der Waals surface area (Å²) in [6.45, 7) is 2.42. The maximum absolute atomic E-state index is 12.5. The monoisotopic (exact) mass is 808 g/mol. The van der Waals surface area contributed by atoms with Crippen LogP contribution in [0.15, 0.2) is 55.8 Å². The third-order valence-electron chi connectivity index (χ3n) is 8.34. The van der Waals surface area contributed by atoms with Crippen molar-refractivity contribution in [2.75, 3.05) is 27.5 Å². The van der Waals surface area contributed by atoms with E-state index in [9.17, 15) is 28.8 Å². The fraction of sp³-hybridized carbons (Fsp3) is 0.167. The van der Waals surface area contributed by atoms with Gasteiger partial charge in [-0.3, -0.25) is 14.4 Å². The van der Waals surface area contributed by atoms with Crippen molar-refractivity contribution in [1.82, 2.24) is 60.8 Å². The first-order chi connectivity index (χ1) is 28.5. The van der Waals surface area contributed by atoms with Gasteiger partial charge in [0, 0.05) is 39.2 Å². The molecule has 8 rings (SSSR count). The van der Waals surface area contributed by atoms with E-state index in [2.05, 4.69) is 60.8 Å². The number of benzene rings is 1. The Morgan fingerprint density at radius 1 is 0.661 bits per heavy atom. The number of hydrogen-bond donors (Lipinski definition) is 8. The number of rotatable bonds is 9. The molecule has 7 aromatic rings.